The first kappa shape index (κ1) is 21.2. The number of H-pyrrole nitrogens is 1. The highest BCUT2D eigenvalue weighted by Crippen LogP contribution is 2.48. The van der Waals surface area contributed by atoms with E-state index in [1.807, 2.05) is 36.1 Å². The van der Waals surface area contributed by atoms with Gasteiger partial charge in [-0.3, -0.25) is 14.5 Å². The summed E-state index contributed by atoms with van der Waals surface area (Å²) < 4.78 is 0. The monoisotopic (exact) mass is 461 g/mol. The lowest BCUT2D eigenvalue weighted by atomic mass is 10.0. The SMILES string of the molecule is CC(c1ccc(-c2nnn[nH]2)cc1)N1C(=O)[C@@H]2CC1CN2CC(N)C(=O)N1C(C#N)C[C@@H]2C[C@@H]21. The molecule has 6 rings (SSSR count). The maximum absolute atomic E-state index is 13.3. The van der Waals surface area contributed by atoms with Gasteiger partial charge in [0, 0.05) is 30.7 Å². The van der Waals surface area contributed by atoms with Crippen molar-refractivity contribution in [2.75, 3.05) is 13.1 Å². The number of nitriles is 1. The van der Waals surface area contributed by atoms with E-state index in [0.717, 1.165) is 30.4 Å². The number of piperazine rings is 1. The summed E-state index contributed by atoms with van der Waals surface area (Å²) in [5.74, 6) is 0.996. The zero-order valence-corrected chi connectivity index (χ0v) is 18.9. The predicted octanol–water partition coefficient (Wildman–Crippen LogP) is 0.0531. The number of fused-ring (bicyclic) bond motifs is 3. The molecular weight excluding hydrogens is 434 g/mol. The fourth-order valence-corrected chi connectivity index (χ4v) is 6.17. The molecule has 4 unspecified atom stereocenters. The van der Waals surface area contributed by atoms with Crippen LogP contribution in [0, 0.1) is 17.2 Å². The second-order valence-electron chi connectivity index (χ2n) is 9.95. The lowest BCUT2D eigenvalue weighted by Gasteiger charge is -2.38. The fraction of sp³-hybridized carbons (Fsp3) is 0.565. The summed E-state index contributed by atoms with van der Waals surface area (Å²) in [4.78, 5) is 32.0. The summed E-state index contributed by atoms with van der Waals surface area (Å²) in [5, 5.41) is 23.3. The number of nitrogens with two attached hydrogens (primary N) is 1. The number of tetrazole rings is 1. The second-order valence-corrected chi connectivity index (χ2v) is 9.95. The molecule has 176 valence electrons. The summed E-state index contributed by atoms with van der Waals surface area (Å²) in [5.41, 5.74) is 8.24. The van der Waals surface area contributed by atoms with Crippen LogP contribution < -0.4 is 5.73 Å². The van der Waals surface area contributed by atoms with Crippen molar-refractivity contribution in [3.8, 4) is 17.5 Å². The number of nitrogens with zero attached hydrogens (tertiary/aromatic N) is 7. The summed E-state index contributed by atoms with van der Waals surface area (Å²) in [6, 6.07) is 9.04. The molecule has 4 aliphatic rings. The van der Waals surface area contributed by atoms with Crippen molar-refractivity contribution < 1.29 is 9.59 Å². The third kappa shape index (κ3) is 3.28. The Morgan fingerprint density at radius 2 is 2.09 bits per heavy atom. The number of likely N-dealkylation sites (tertiary alicyclic amines) is 3. The first-order chi connectivity index (χ1) is 16.5. The van der Waals surface area contributed by atoms with Gasteiger partial charge < -0.3 is 15.5 Å². The van der Waals surface area contributed by atoms with Gasteiger partial charge in [0.15, 0.2) is 5.82 Å². The zero-order chi connectivity index (χ0) is 23.6. The van der Waals surface area contributed by atoms with Crippen molar-refractivity contribution >= 4 is 11.8 Å². The van der Waals surface area contributed by atoms with Crippen LogP contribution in [0.15, 0.2) is 24.3 Å². The van der Waals surface area contributed by atoms with Crippen molar-refractivity contribution in [1.82, 2.24) is 35.3 Å². The molecule has 1 aromatic heterocycles. The van der Waals surface area contributed by atoms with Gasteiger partial charge in [-0.05, 0) is 48.1 Å². The maximum atomic E-state index is 13.3. The van der Waals surface area contributed by atoms with E-state index in [2.05, 4.69) is 31.6 Å². The number of benzene rings is 1. The lowest BCUT2D eigenvalue weighted by molar-refractivity contribution is -0.141. The molecule has 2 aromatic rings. The average molecular weight is 462 g/mol. The van der Waals surface area contributed by atoms with E-state index < -0.39 is 6.04 Å². The van der Waals surface area contributed by atoms with E-state index in [0.29, 0.717) is 24.8 Å². The van der Waals surface area contributed by atoms with Gasteiger partial charge in [-0.1, -0.05) is 24.3 Å². The number of hydrogen-bond acceptors (Lipinski definition) is 8. The van der Waals surface area contributed by atoms with Gasteiger partial charge in [-0.15, -0.1) is 5.10 Å². The topological polar surface area (TPSA) is 148 Å². The highest BCUT2D eigenvalue weighted by atomic mass is 16.2. The van der Waals surface area contributed by atoms with Gasteiger partial charge in [0.25, 0.3) is 0 Å². The van der Waals surface area contributed by atoms with Crippen LogP contribution >= 0.6 is 0 Å². The van der Waals surface area contributed by atoms with Gasteiger partial charge in [-0.25, -0.2) is 5.10 Å². The first-order valence-corrected chi connectivity index (χ1v) is 11.8. The number of amides is 2. The molecule has 34 heavy (non-hydrogen) atoms. The minimum Gasteiger partial charge on any atom is -0.330 e. The maximum Gasteiger partial charge on any atom is 0.242 e. The van der Waals surface area contributed by atoms with Crippen molar-refractivity contribution in [2.24, 2.45) is 11.7 Å². The van der Waals surface area contributed by atoms with Crippen molar-refractivity contribution in [3.05, 3.63) is 29.8 Å². The van der Waals surface area contributed by atoms with E-state index in [4.69, 9.17) is 5.73 Å². The van der Waals surface area contributed by atoms with Crippen molar-refractivity contribution in [3.63, 3.8) is 0 Å². The van der Waals surface area contributed by atoms with E-state index in [-0.39, 0.29) is 42.0 Å². The lowest BCUT2D eigenvalue weighted by Crippen LogP contribution is -2.57. The molecule has 4 fully saturated rings. The zero-order valence-electron chi connectivity index (χ0n) is 18.9. The highest BCUT2D eigenvalue weighted by Gasteiger charge is 2.56. The Bertz CT molecular complexity index is 1140. The molecule has 11 heteroatoms. The van der Waals surface area contributed by atoms with Gasteiger partial charge in [0.1, 0.15) is 6.04 Å². The molecule has 1 saturated carbocycles. The van der Waals surface area contributed by atoms with Crippen LogP contribution in [0.4, 0.5) is 0 Å². The number of hydrogen-bond donors (Lipinski definition) is 2. The summed E-state index contributed by atoms with van der Waals surface area (Å²) >= 11 is 0. The van der Waals surface area contributed by atoms with E-state index in [1.165, 1.54) is 0 Å². The highest BCUT2D eigenvalue weighted by molar-refractivity contribution is 5.87. The molecule has 2 bridgehead atoms. The fourth-order valence-electron chi connectivity index (χ4n) is 6.17. The van der Waals surface area contributed by atoms with Crippen LogP contribution in [0.5, 0.6) is 0 Å². The van der Waals surface area contributed by atoms with Crippen LogP contribution in [0.3, 0.4) is 0 Å². The third-order valence-corrected chi connectivity index (χ3v) is 8.00. The third-order valence-electron chi connectivity index (χ3n) is 8.00. The number of rotatable bonds is 6. The number of aromatic amines is 1. The average Bonchev–Trinajstić information content (AvgIpc) is 3.28. The molecule has 1 aliphatic carbocycles. The summed E-state index contributed by atoms with van der Waals surface area (Å²) in [6.45, 7) is 3.10. The Morgan fingerprint density at radius 3 is 2.76 bits per heavy atom. The van der Waals surface area contributed by atoms with Crippen LogP contribution in [-0.4, -0.2) is 90.4 Å². The van der Waals surface area contributed by atoms with E-state index >= 15 is 0 Å². The number of aromatic nitrogens is 4. The van der Waals surface area contributed by atoms with Gasteiger partial charge in [-0.2, -0.15) is 5.26 Å². The molecule has 3 saturated heterocycles. The molecule has 0 spiro atoms. The van der Waals surface area contributed by atoms with Crippen LogP contribution in [0.25, 0.3) is 11.4 Å². The van der Waals surface area contributed by atoms with Crippen LogP contribution in [0.2, 0.25) is 0 Å². The minimum atomic E-state index is -0.716. The molecule has 4 heterocycles. The Kier molecular flexibility index (Phi) is 4.89. The van der Waals surface area contributed by atoms with Gasteiger partial charge in [0.05, 0.1) is 24.2 Å². The van der Waals surface area contributed by atoms with Crippen molar-refractivity contribution in [1.29, 1.82) is 5.26 Å². The minimum absolute atomic E-state index is 0.0605. The van der Waals surface area contributed by atoms with E-state index in [1.54, 1.807) is 4.90 Å². The Balaban J connectivity index is 1.10. The molecular formula is C23H27N9O2. The largest absolute Gasteiger partial charge is 0.330 e. The van der Waals surface area contributed by atoms with Crippen molar-refractivity contribution in [2.45, 2.75) is 62.4 Å². The first-order valence-electron chi connectivity index (χ1n) is 11.8. The molecule has 1 aromatic carbocycles. The number of piperidine rings is 1. The smallest absolute Gasteiger partial charge is 0.242 e. The molecule has 11 nitrogen and oxygen atoms in total. The Hall–Kier alpha value is -3.36. The van der Waals surface area contributed by atoms with E-state index in [9.17, 15) is 14.9 Å². The van der Waals surface area contributed by atoms with Crippen LogP contribution in [0.1, 0.15) is 37.8 Å². The summed E-state index contributed by atoms with van der Waals surface area (Å²) in [7, 11) is 0. The predicted molar refractivity (Wildman–Crippen MR) is 119 cm³/mol. The number of carbonyl (C=O) groups excluding carboxylic acids is 2. The standard InChI is InChI=1S/C23H27N9O2/c1-12(13-2-4-14(5-3-13)21-26-28-29-27-21)31-17-8-20(23(31)34)30(10-17)11-18(25)22(33)32-16(9-24)6-15-7-19(15)32/h2-5,12,15-20H,6-8,10-11,25H2,1H3,(H,26,27,28,29)/t12?,15-,16?,17?,18?,19+,20+/m1/s1. The van der Waals surface area contributed by atoms with Crippen LogP contribution in [-0.2, 0) is 9.59 Å². The van der Waals surface area contributed by atoms with Gasteiger partial charge in [0.2, 0.25) is 11.8 Å². The number of carbonyl (C=O) groups is 2. The normalized spacial score (nSPS) is 31.4. The Morgan fingerprint density at radius 1 is 1.29 bits per heavy atom. The molecule has 3 aliphatic heterocycles. The Labute approximate surface area is 196 Å². The number of nitrogens with one attached hydrogen (secondary N) is 1. The second kappa shape index (κ2) is 7.85. The summed E-state index contributed by atoms with van der Waals surface area (Å²) in [6.07, 6.45) is 2.49. The molecule has 3 N–H and O–H groups in total. The van der Waals surface area contributed by atoms with Gasteiger partial charge >= 0.3 is 0 Å². The molecule has 2 amide bonds. The quantitative estimate of drug-likeness (QED) is 0.613. The molecule has 0 radical (unpaired) electrons. The molecule has 7 atom stereocenters.